The molecule has 3 saturated heterocycles. The molecule has 230 valence electrons. The summed E-state index contributed by atoms with van der Waals surface area (Å²) in [5, 5.41) is 1.26. The average molecular weight is 625 g/mol. The van der Waals surface area contributed by atoms with Crippen LogP contribution in [0.25, 0.3) is 32.9 Å². The lowest BCUT2D eigenvalue weighted by atomic mass is 9.95. The molecule has 3 fully saturated rings. The molecule has 0 saturated carbocycles. The third-order valence-electron chi connectivity index (χ3n) is 9.36. The fourth-order valence-corrected chi connectivity index (χ4v) is 7.41. The molecular weight excluding hydrogens is 593 g/mol. The number of amides is 1. The SMILES string of the molecule is CC(=O)N1CC(CN(C)c2nc(OC[C@@]34CCCN3C[C@H](F)C4)nc3c(F)c(-c4cccc5ccc(F)c(Cl)c45)ncc23)C1. The molecule has 0 unspecified atom stereocenters. The molecule has 0 spiro atoms. The minimum atomic E-state index is -0.918. The van der Waals surface area contributed by atoms with E-state index in [9.17, 15) is 13.6 Å². The summed E-state index contributed by atoms with van der Waals surface area (Å²) < 4.78 is 51.6. The minimum absolute atomic E-state index is 0.000851. The highest BCUT2D eigenvalue weighted by Gasteiger charge is 2.49. The summed E-state index contributed by atoms with van der Waals surface area (Å²) in [6.07, 6.45) is 2.74. The number of ether oxygens (including phenoxy) is 1. The highest BCUT2D eigenvalue weighted by molar-refractivity contribution is 6.36. The Kier molecular flexibility index (Phi) is 7.28. The number of pyridine rings is 1. The maximum Gasteiger partial charge on any atom is 0.319 e. The van der Waals surface area contributed by atoms with Crippen LogP contribution >= 0.6 is 11.6 Å². The lowest BCUT2D eigenvalue weighted by Crippen LogP contribution is -2.52. The van der Waals surface area contributed by atoms with Crippen molar-refractivity contribution in [1.82, 2.24) is 24.8 Å². The van der Waals surface area contributed by atoms with Gasteiger partial charge in [-0.3, -0.25) is 14.7 Å². The van der Waals surface area contributed by atoms with E-state index in [1.807, 2.05) is 11.9 Å². The number of anilines is 1. The van der Waals surface area contributed by atoms with Gasteiger partial charge in [0.2, 0.25) is 5.91 Å². The largest absolute Gasteiger partial charge is 0.461 e. The van der Waals surface area contributed by atoms with Gasteiger partial charge in [0.25, 0.3) is 0 Å². The van der Waals surface area contributed by atoms with E-state index in [2.05, 4.69) is 14.9 Å². The number of likely N-dealkylation sites (tertiary alicyclic amines) is 1. The predicted octanol–water partition coefficient (Wildman–Crippen LogP) is 5.65. The molecule has 12 heteroatoms. The molecule has 0 bridgehead atoms. The van der Waals surface area contributed by atoms with E-state index in [0.29, 0.717) is 60.1 Å². The van der Waals surface area contributed by atoms with E-state index in [-0.39, 0.29) is 40.7 Å². The van der Waals surface area contributed by atoms with Crippen LogP contribution < -0.4 is 9.64 Å². The molecule has 0 aliphatic carbocycles. The zero-order valence-electron chi connectivity index (χ0n) is 24.5. The average Bonchev–Trinajstić information content (AvgIpc) is 3.50. The Balaban J connectivity index is 1.30. The summed E-state index contributed by atoms with van der Waals surface area (Å²) in [7, 11) is 1.85. The van der Waals surface area contributed by atoms with E-state index >= 15 is 4.39 Å². The highest BCUT2D eigenvalue weighted by Crippen LogP contribution is 2.41. The van der Waals surface area contributed by atoms with Crippen molar-refractivity contribution in [2.75, 3.05) is 51.3 Å². The first-order valence-corrected chi connectivity index (χ1v) is 15.2. The fourth-order valence-electron chi connectivity index (χ4n) is 7.14. The van der Waals surface area contributed by atoms with Crippen molar-refractivity contribution in [3.05, 3.63) is 53.2 Å². The molecule has 8 nitrogen and oxygen atoms in total. The predicted molar refractivity (Wildman–Crippen MR) is 163 cm³/mol. The Morgan fingerprint density at radius 3 is 2.80 bits per heavy atom. The number of nitrogens with zero attached hydrogens (tertiary/aromatic N) is 6. The Bertz CT molecular complexity index is 1790. The monoisotopic (exact) mass is 624 g/mol. The van der Waals surface area contributed by atoms with E-state index in [0.717, 1.165) is 19.4 Å². The summed E-state index contributed by atoms with van der Waals surface area (Å²) >= 11 is 6.37. The van der Waals surface area contributed by atoms with Gasteiger partial charge < -0.3 is 14.5 Å². The Morgan fingerprint density at radius 2 is 2.00 bits per heavy atom. The van der Waals surface area contributed by atoms with Gasteiger partial charge in [0.05, 0.1) is 15.9 Å². The van der Waals surface area contributed by atoms with Gasteiger partial charge >= 0.3 is 6.01 Å². The zero-order chi connectivity index (χ0) is 30.7. The third kappa shape index (κ3) is 4.90. The lowest BCUT2D eigenvalue weighted by molar-refractivity contribution is -0.134. The van der Waals surface area contributed by atoms with Crippen LogP contribution in [0.2, 0.25) is 5.02 Å². The Labute approximate surface area is 257 Å². The summed E-state index contributed by atoms with van der Waals surface area (Å²) in [6.45, 7) is 4.76. The number of hydrogen-bond acceptors (Lipinski definition) is 7. The molecule has 3 aliphatic heterocycles. The minimum Gasteiger partial charge on any atom is -0.461 e. The Hall–Kier alpha value is -3.70. The van der Waals surface area contributed by atoms with Crippen LogP contribution in [-0.4, -0.2) is 88.7 Å². The molecule has 7 rings (SSSR count). The summed E-state index contributed by atoms with van der Waals surface area (Å²) in [5.41, 5.74) is -0.124. The topological polar surface area (TPSA) is 74.7 Å². The number of benzene rings is 2. The van der Waals surface area contributed by atoms with Gasteiger partial charge in [-0.2, -0.15) is 9.97 Å². The third-order valence-corrected chi connectivity index (χ3v) is 9.73. The number of halogens is 4. The normalized spacial score (nSPS) is 22.0. The number of carbonyl (C=O) groups excluding carboxylic acids is 1. The molecule has 0 N–H and O–H groups in total. The number of hydrogen-bond donors (Lipinski definition) is 0. The summed E-state index contributed by atoms with van der Waals surface area (Å²) in [6, 6.07) is 8.00. The second-order valence-corrected chi connectivity index (χ2v) is 12.7. The number of rotatable bonds is 7. The summed E-state index contributed by atoms with van der Waals surface area (Å²) in [4.78, 5) is 31.2. The molecule has 2 aromatic heterocycles. The lowest BCUT2D eigenvalue weighted by Gasteiger charge is -2.40. The zero-order valence-corrected chi connectivity index (χ0v) is 25.3. The van der Waals surface area contributed by atoms with Crippen molar-refractivity contribution < 1.29 is 22.7 Å². The van der Waals surface area contributed by atoms with E-state index in [1.54, 1.807) is 36.1 Å². The van der Waals surface area contributed by atoms with Crippen molar-refractivity contribution in [3.63, 3.8) is 0 Å². The number of aromatic nitrogens is 3. The number of fused-ring (bicyclic) bond motifs is 3. The van der Waals surface area contributed by atoms with Crippen LogP contribution in [-0.2, 0) is 4.79 Å². The molecule has 2 atom stereocenters. The number of carbonyl (C=O) groups is 1. The fraction of sp³-hybridized carbons (Fsp3) is 0.438. The van der Waals surface area contributed by atoms with Crippen molar-refractivity contribution in [2.24, 2.45) is 5.92 Å². The second kappa shape index (κ2) is 11.0. The first-order chi connectivity index (χ1) is 21.1. The second-order valence-electron chi connectivity index (χ2n) is 12.3. The van der Waals surface area contributed by atoms with Gasteiger partial charge in [-0.05, 0) is 30.8 Å². The smallest absolute Gasteiger partial charge is 0.319 e. The maximum atomic E-state index is 16.6. The molecule has 2 aromatic carbocycles. The van der Waals surface area contributed by atoms with Crippen LogP contribution in [0.15, 0.2) is 36.5 Å². The maximum absolute atomic E-state index is 16.6. The van der Waals surface area contributed by atoms with Crippen LogP contribution in [0.1, 0.15) is 26.2 Å². The molecule has 4 aromatic rings. The van der Waals surface area contributed by atoms with Crippen molar-refractivity contribution in [1.29, 1.82) is 0 Å². The summed E-state index contributed by atoms with van der Waals surface area (Å²) in [5.74, 6) is -0.649. The van der Waals surface area contributed by atoms with E-state index in [1.165, 1.54) is 12.3 Å². The molecule has 5 heterocycles. The van der Waals surface area contributed by atoms with Crippen LogP contribution in [0.3, 0.4) is 0 Å². The molecule has 44 heavy (non-hydrogen) atoms. The molecule has 3 aliphatic rings. The van der Waals surface area contributed by atoms with E-state index < -0.39 is 23.3 Å². The van der Waals surface area contributed by atoms with Gasteiger partial charge in [-0.1, -0.05) is 35.9 Å². The van der Waals surface area contributed by atoms with Crippen LogP contribution in [0, 0.1) is 17.6 Å². The first-order valence-electron chi connectivity index (χ1n) is 14.9. The first kappa shape index (κ1) is 29.0. The standard InChI is InChI=1S/C32H32ClF3N6O2/c1-18(43)41-14-19(15-41)13-40(2)30-23-12-37-28(22-6-3-5-20-7-8-24(35)26(33)25(20)22)27(36)29(23)38-31(39-30)44-17-32-9-4-10-42(32)16-21(34)11-32/h3,5-8,12,19,21H,4,9-11,13-17H2,1-2H3/t21-,32+/m1/s1. The van der Waals surface area contributed by atoms with Gasteiger partial charge in [0, 0.05) is 69.6 Å². The van der Waals surface area contributed by atoms with Crippen LogP contribution in [0.5, 0.6) is 6.01 Å². The van der Waals surface area contributed by atoms with Crippen LogP contribution in [0.4, 0.5) is 19.0 Å². The molecular formula is C32H32ClF3N6O2. The van der Waals surface area contributed by atoms with Gasteiger partial charge in [0.1, 0.15) is 35.6 Å². The van der Waals surface area contributed by atoms with Crippen molar-refractivity contribution >= 4 is 45.0 Å². The quantitative estimate of drug-likeness (QED) is 0.263. The van der Waals surface area contributed by atoms with Crippen molar-refractivity contribution in [3.8, 4) is 17.3 Å². The van der Waals surface area contributed by atoms with Gasteiger partial charge in [-0.15, -0.1) is 0 Å². The highest BCUT2D eigenvalue weighted by atomic mass is 35.5. The molecule has 0 radical (unpaired) electrons. The number of alkyl halides is 1. The van der Waals surface area contributed by atoms with Gasteiger partial charge in [0.15, 0.2) is 5.82 Å². The van der Waals surface area contributed by atoms with Gasteiger partial charge in [-0.25, -0.2) is 13.2 Å². The Morgan fingerprint density at radius 1 is 1.18 bits per heavy atom. The molecule has 1 amide bonds. The van der Waals surface area contributed by atoms with Crippen molar-refractivity contribution in [2.45, 2.75) is 37.9 Å². The van der Waals surface area contributed by atoms with E-state index in [4.69, 9.17) is 21.3 Å².